The third-order valence-corrected chi connectivity index (χ3v) is 1.88. The topological polar surface area (TPSA) is 59.0 Å². The molecule has 0 aliphatic heterocycles. The highest BCUT2D eigenvalue weighted by atomic mass is 16.5. The third-order valence-electron chi connectivity index (χ3n) is 1.88. The van der Waals surface area contributed by atoms with E-state index in [9.17, 15) is 0 Å². The van der Waals surface area contributed by atoms with Crippen molar-refractivity contribution in [3.63, 3.8) is 0 Å². The zero-order valence-corrected chi connectivity index (χ0v) is 8.40. The second kappa shape index (κ2) is 4.64. The number of benzene rings is 1. The van der Waals surface area contributed by atoms with Crippen LogP contribution in [0.4, 0.5) is 0 Å². The molecule has 1 rings (SSSR count). The summed E-state index contributed by atoms with van der Waals surface area (Å²) < 4.78 is 5.34. The van der Waals surface area contributed by atoms with Gasteiger partial charge in [0.2, 0.25) is 0 Å². The van der Waals surface area contributed by atoms with Gasteiger partial charge in [0.05, 0.1) is 0 Å². The summed E-state index contributed by atoms with van der Waals surface area (Å²) in [5.74, 6) is 0.689. The normalized spacial score (nSPS) is 14.1. The lowest BCUT2D eigenvalue weighted by Gasteiger charge is -2.10. The molecule has 0 saturated carbocycles. The molecule has 2 atom stereocenters. The fourth-order valence-corrected chi connectivity index (χ4v) is 1.10. The molecule has 0 radical (unpaired) electrons. The number of nitriles is 1. The highest BCUT2D eigenvalue weighted by Crippen LogP contribution is 2.18. The zero-order valence-electron chi connectivity index (χ0n) is 8.40. The molecule has 0 heterocycles. The molecule has 0 bridgehead atoms. The van der Waals surface area contributed by atoms with Gasteiger partial charge in [-0.25, -0.2) is 0 Å². The second-order valence-corrected chi connectivity index (χ2v) is 3.25. The Morgan fingerprint density at radius 3 is 2.71 bits per heavy atom. The van der Waals surface area contributed by atoms with E-state index in [2.05, 4.69) is 0 Å². The van der Waals surface area contributed by atoms with Gasteiger partial charge < -0.3 is 10.5 Å². The van der Waals surface area contributed by atoms with Crippen LogP contribution in [0.2, 0.25) is 0 Å². The maximum atomic E-state index is 8.57. The van der Waals surface area contributed by atoms with E-state index in [0.29, 0.717) is 5.75 Å². The Morgan fingerprint density at radius 2 is 2.14 bits per heavy atom. The van der Waals surface area contributed by atoms with Crippen molar-refractivity contribution in [2.45, 2.75) is 26.0 Å². The smallest absolute Gasteiger partial charge is 0.181 e. The van der Waals surface area contributed by atoms with Crippen LogP contribution in [-0.4, -0.2) is 6.10 Å². The maximum Gasteiger partial charge on any atom is 0.181 e. The molecule has 2 N–H and O–H groups in total. The fraction of sp³-hybridized carbons (Fsp3) is 0.364. The van der Waals surface area contributed by atoms with E-state index in [4.69, 9.17) is 15.7 Å². The number of nitrogens with zero attached hydrogens (tertiary/aromatic N) is 1. The minimum absolute atomic E-state index is 0.0176. The van der Waals surface area contributed by atoms with Crippen LogP contribution in [0.1, 0.15) is 25.5 Å². The highest BCUT2D eigenvalue weighted by molar-refractivity contribution is 5.30. The van der Waals surface area contributed by atoms with Crippen LogP contribution in [0.5, 0.6) is 5.75 Å². The zero-order chi connectivity index (χ0) is 10.6. The van der Waals surface area contributed by atoms with E-state index in [0.717, 1.165) is 5.56 Å². The summed E-state index contributed by atoms with van der Waals surface area (Å²) in [6.45, 7) is 3.62. The number of ether oxygens (including phenoxy) is 1. The number of rotatable bonds is 3. The largest absolute Gasteiger partial charge is 0.476 e. The molecule has 74 valence electrons. The van der Waals surface area contributed by atoms with E-state index in [-0.39, 0.29) is 6.04 Å². The van der Waals surface area contributed by atoms with Crippen molar-refractivity contribution in [3.05, 3.63) is 29.8 Å². The van der Waals surface area contributed by atoms with Crippen LogP contribution in [-0.2, 0) is 0 Å². The van der Waals surface area contributed by atoms with Gasteiger partial charge in [0.1, 0.15) is 11.8 Å². The third kappa shape index (κ3) is 2.75. The molecule has 1 aromatic carbocycles. The molecule has 0 aromatic heterocycles. The van der Waals surface area contributed by atoms with Gasteiger partial charge in [0.15, 0.2) is 6.10 Å². The van der Waals surface area contributed by atoms with Gasteiger partial charge in [-0.3, -0.25) is 0 Å². The van der Waals surface area contributed by atoms with Crippen molar-refractivity contribution in [1.82, 2.24) is 0 Å². The Bertz CT molecular complexity index is 341. The molecule has 1 unspecified atom stereocenters. The lowest BCUT2D eigenvalue weighted by Crippen LogP contribution is -2.09. The van der Waals surface area contributed by atoms with Gasteiger partial charge in [-0.2, -0.15) is 5.26 Å². The molecule has 0 amide bonds. The van der Waals surface area contributed by atoms with Crippen LogP contribution in [0.25, 0.3) is 0 Å². The Kier molecular flexibility index (Phi) is 3.49. The molecular weight excluding hydrogens is 176 g/mol. The Morgan fingerprint density at radius 1 is 1.43 bits per heavy atom. The maximum absolute atomic E-state index is 8.57. The van der Waals surface area contributed by atoms with E-state index in [1.165, 1.54) is 0 Å². The molecule has 0 spiro atoms. The quantitative estimate of drug-likeness (QED) is 0.793. The standard InChI is InChI=1S/C11H14N2O/c1-8(7-12)14-11-5-3-4-10(6-11)9(2)13/h3-6,8-9H,13H2,1-2H3/t8?,9-/m0/s1. The minimum Gasteiger partial charge on any atom is -0.476 e. The summed E-state index contributed by atoms with van der Waals surface area (Å²) in [6.07, 6.45) is -0.432. The van der Waals surface area contributed by atoms with E-state index in [1.807, 2.05) is 37.3 Å². The first-order valence-corrected chi connectivity index (χ1v) is 4.55. The van der Waals surface area contributed by atoms with Crippen LogP contribution in [0, 0.1) is 11.3 Å². The van der Waals surface area contributed by atoms with Gasteiger partial charge >= 0.3 is 0 Å². The molecule has 3 nitrogen and oxygen atoms in total. The van der Waals surface area contributed by atoms with E-state index < -0.39 is 6.10 Å². The Hall–Kier alpha value is -1.53. The van der Waals surface area contributed by atoms with Crippen LogP contribution in [0.3, 0.4) is 0 Å². The first kappa shape index (κ1) is 10.6. The molecule has 3 heteroatoms. The Labute approximate surface area is 84.1 Å². The summed E-state index contributed by atoms with van der Waals surface area (Å²) in [6, 6.07) is 9.48. The monoisotopic (exact) mass is 190 g/mol. The fourth-order valence-electron chi connectivity index (χ4n) is 1.10. The molecule has 0 aliphatic rings. The first-order chi connectivity index (χ1) is 6.63. The van der Waals surface area contributed by atoms with Crippen molar-refractivity contribution >= 4 is 0 Å². The number of hydrogen-bond acceptors (Lipinski definition) is 3. The van der Waals surface area contributed by atoms with Gasteiger partial charge in [0, 0.05) is 6.04 Å². The molecular formula is C11H14N2O. The molecule has 0 fully saturated rings. The SMILES string of the molecule is CC(C#N)Oc1cccc([C@H](C)N)c1. The highest BCUT2D eigenvalue weighted by Gasteiger charge is 2.04. The molecule has 1 aromatic rings. The molecule has 0 saturated heterocycles. The summed E-state index contributed by atoms with van der Waals surface area (Å²) in [4.78, 5) is 0. The van der Waals surface area contributed by atoms with Crippen molar-refractivity contribution in [1.29, 1.82) is 5.26 Å². The van der Waals surface area contributed by atoms with Crippen molar-refractivity contribution in [2.75, 3.05) is 0 Å². The van der Waals surface area contributed by atoms with Gasteiger partial charge in [-0.15, -0.1) is 0 Å². The summed E-state index contributed by atoms with van der Waals surface area (Å²) in [5.41, 5.74) is 6.73. The Balaban J connectivity index is 2.79. The average molecular weight is 190 g/mol. The van der Waals surface area contributed by atoms with E-state index >= 15 is 0 Å². The molecule has 0 aliphatic carbocycles. The predicted molar refractivity (Wildman–Crippen MR) is 54.7 cm³/mol. The van der Waals surface area contributed by atoms with Crippen LogP contribution < -0.4 is 10.5 Å². The van der Waals surface area contributed by atoms with Crippen molar-refractivity contribution in [2.24, 2.45) is 5.73 Å². The van der Waals surface area contributed by atoms with Crippen LogP contribution >= 0.6 is 0 Å². The summed E-state index contributed by atoms with van der Waals surface area (Å²) in [5, 5.41) is 8.57. The predicted octanol–water partition coefficient (Wildman–Crippen LogP) is 2.00. The number of nitrogens with two attached hydrogens (primary N) is 1. The summed E-state index contributed by atoms with van der Waals surface area (Å²) >= 11 is 0. The van der Waals surface area contributed by atoms with Crippen LogP contribution in [0.15, 0.2) is 24.3 Å². The minimum atomic E-state index is -0.432. The van der Waals surface area contributed by atoms with Gasteiger partial charge in [0.25, 0.3) is 0 Å². The first-order valence-electron chi connectivity index (χ1n) is 4.55. The number of hydrogen-bond donors (Lipinski definition) is 1. The van der Waals surface area contributed by atoms with E-state index in [1.54, 1.807) is 6.92 Å². The lowest BCUT2D eigenvalue weighted by atomic mass is 10.1. The summed E-state index contributed by atoms with van der Waals surface area (Å²) in [7, 11) is 0. The average Bonchev–Trinajstić information content (AvgIpc) is 2.18. The lowest BCUT2D eigenvalue weighted by molar-refractivity contribution is 0.276. The second-order valence-electron chi connectivity index (χ2n) is 3.25. The van der Waals surface area contributed by atoms with Crippen molar-refractivity contribution < 1.29 is 4.74 Å². The van der Waals surface area contributed by atoms with Crippen molar-refractivity contribution in [3.8, 4) is 11.8 Å². The van der Waals surface area contributed by atoms with Gasteiger partial charge in [-0.1, -0.05) is 12.1 Å². The molecule has 14 heavy (non-hydrogen) atoms. The van der Waals surface area contributed by atoms with Gasteiger partial charge in [-0.05, 0) is 31.5 Å².